The maximum atomic E-state index is 12.4. The third-order valence-corrected chi connectivity index (χ3v) is 5.29. The van der Waals surface area contributed by atoms with Crippen LogP contribution in [-0.2, 0) is 0 Å². The molecule has 0 aliphatic rings. The van der Waals surface area contributed by atoms with Crippen molar-refractivity contribution in [3.8, 4) is 0 Å². The van der Waals surface area contributed by atoms with Crippen LogP contribution in [0.4, 0.5) is 0 Å². The van der Waals surface area contributed by atoms with Gasteiger partial charge in [-0.2, -0.15) is 0 Å². The van der Waals surface area contributed by atoms with E-state index in [-0.39, 0.29) is 21.4 Å². The molecule has 0 aliphatic carbocycles. The topological polar surface area (TPSA) is 17.1 Å². The summed E-state index contributed by atoms with van der Waals surface area (Å²) in [6.45, 7) is 0. The Balaban J connectivity index is 2.56. The van der Waals surface area contributed by atoms with E-state index in [2.05, 4.69) is 31.9 Å². The van der Waals surface area contributed by atoms with E-state index in [1.165, 1.54) is 23.5 Å². The molecule has 1 heterocycles. The van der Waals surface area contributed by atoms with Crippen molar-refractivity contribution in [3.63, 3.8) is 0 Å². The number of carbonyl (C=O) groups is 1. The molecule has 1 aromatic carbocycles. The molecule has 0 fully saturated rings. The third kappa shape index (κ3) is 2.94. The molecule has 0 saturated carbocycles. The van der Waals surface area contributed by atoms with Crippen molar-refractivity contribution >= 4 is 83.8 Å². The predicted octanol–water partition coefficient (Wildman–Crippen LogP) is 6.46. The van der Waals surface area contributed by atoms with Crippen LogP contribution in [0.3, 0.4) is 0 Å². The van der Waals surface area contributed by atoms with Crippen LogP contribution >= 0.6 is 78.0 Å². The minimum Gasteiger partial charge on any atom is -0.288 e. The van der Waals surface area contributed by atoms with E-state index in [1.54, 1.807) is 6.07 Å². The number of hydrogen-bond donors (Lipinski definition) is 0. The molecule has 0 spiro atoms. The van der Waals surface area contributed by atoms with Crippen LogP contribution in [0, 0.1) is 0 Å². The van der Waals surface area contributed by atoms with Crippen molar-refractivity contribution in [2.75, 3.05) is 0 Å². The Morgan fingerprint density at radius 1 is 1.06 bits per heavy atom. The highest BCUT2D eigenvalue weighted by molar-refractivity contribution is 9.12. The molecule has 18 heavy (non-hydrogen) atoms. The zero-order chi connectivity index (χ0) is 13.4. The number of carbonyl (C=O) groups excluding carboxylic acids is 1. The summed E-state index contributed by atoms with van der Waals surface area (Å²) in [4.78, 5) is 12.4. The van der Waals surface area contributed by atoms with Gasteiger partial charge in [0.1, 0.15) is 0 Å². The van der Waals surface area contributed by atoms with Crippen molar-refractivity contribution in [1.29, 1.82) is 0 Å². The summed E-state index contributed by atoms with van der Waals surface area (Å²) in [7, 11) is 0. The molecule has 94 valence electrons. The number of halogens is 5. The Labute approximate surface area is 139 Å². The van der Waals surface area contributed by atoms with Crippen molar-refractivity contribution < 1.29 is 4.79 Å². The van der Waals surface area contributed by atoms with Gasteiger partial charge in [0.05, 0.1) is 23.2 Å². The zero-order valence-electron chi connectivity index (χ0n) is 8.44. The molecule has 1 aromatic heterocycles. The summed E-state index contributed by atoms with van der Waals surface area (Å²) >= 11 is 25.9. The van der Waals surface area contributed by atoms with E-state index in [1.807, 2.05) is 0 Å². The van der Waals surface area contributed by atoms with E-state index < -0.39 is 0 Å². The van der Waals surface area contributed by atoms with Gasteiger partial charge in [0, 0.05) is 10.6 Å². The molecule has 0 bridgehead atoms. The second-order valence-electron chi connectivity index (χ2n) is 3.31. The lowest BCUT2D eigenvalue weighted by atomic mass is 10.1. The van der Waals surface area contributed by atoms with Crippen LogP contribution in [0.25, 0.3) is 0 Å². The van der Waals surface area contributed by atoms with E-state index in [0.29, 0.717) is 10.6 Å². The molecule has 0 saturated heterocycles. The Morgan fingerprint density at radius 3 is 2.06 bits per heavy atom. The zero-order valence-corrected chi connectivity index (χ0v) is 14.7. The maximum absolute atomic E-state index is 12.4. The van der Waals surface area contributed by atoms with E-state index in [4.69, 9.17) is 34.8 Å². The molecule has 1 nitrogen and oxygen atoms in total. The molecule has 0 N–H and O–H groups in total. The van der Waals surface area contributed by atoms with Gasteiger partial charge in [0.25, 0.3) is 0 Å². The summed E-state index contributed by atoms with van der Waals surface area (Å²) in [6.07, 6.45) is 0. The van der Waals surface area contributed by atoms with Gasteiger partial charge in [-0.15, -0.1) is 11.3 Å². The van der Waals surface area contributed by atoms with Crippen molar-refractivity contribution in [2.24, 2.45) is 0 Å². The van der Waals surface area contributed by atoms with Gasteiger partial charge in [-0.25, -0.2) is 0 Å². The summed E-state index contributed by atoms with van der Waals surface area (Å²) in [6, 6.07) is 4.72. The van der Waals surface area contributed by atoms with E-state index in [9.17, 15) is 4.79 Å². The average Bonchev–Trinajstić information content (AvgIpc) is 2.56. The molecule has 0 radical (unpaired) electrons. The molecule has 2 aromatic rings. The van der Waals surface area contributed by atoms with Gasteiger partial charge < -0.3 is 0 Å². The summed E-state index contributed by atoms with van der Waals surface area (Å²) in [5.74, 6) is -0.240. The van der Waals surface area contributed by atoms with Gasteiger partial charge in [0.15, 0.2) is 5.78 Å². The second kappa shape index (κ2) is 5.81. The fraction of sp³-hybridized carbons (Fsp3) is 0. The molecule has 0 amide bonds. The first-order valence-electron chi connectivity index (χ1n) is 4.54. The summed E-state index contributed by atoms with van der Waals surface area (Å²) in [5, 5.41) is 0.880. The fourth-order valence-electron chi connectivity index (χ4n) is 1.39. The van der Waals surface area contributed by atoms with Crippen LogP contribution in [0.1, 0.15) is 15.9 Å². The lowest BCUT2D eigenvalue weighted by Gasteiger charge is -2.06. The molecule has 0 atom stereocenters. The highest BCUT2D eigenvalue weighted by Gasteiger charge is 2.21. The molecule has 7 heteroatoms. The summed E-state index contributed by atoms with van der Waals surface area (Å²) in [5.41, 5.74) is 0.770. The van der Waals surface area contributed by atoms with Gasteiger partial charge >= 0.3 is 0 Å². The van der Waals surface area contributed by atoms with Gasteiger partial charge in [-0.3, -0.25) is 4.79 Å². The molecule has 2 rings (SSSR count). The Kier molecular flexibility index (Phi) is 4.79. The second-order valence-corrected chi connectivity index (χ2v) is 8.31. The van der Waals surface area contributed by atoms with Crippen LogP contribution in [0.15, 0.2) is 25.8 Å². The number of ketones is 1. The highest BCUT2D eigenvalue weighted by Crippen LogP contribution is 2.36. The Bertz CT molecular complexity index is 616. The minimum absolute atomic E-state index is 0.240. The average molecular weight is 449 g/mol. The standard InChI is InChI=1S/C11H3Br2Cl3OS/c12-8-3-5(11(13)18-8)10(17)9-6(15)1-4(14)2-7(9)16/h1-3H. The lowest BCUT2D eigenvalue weighted by molar-refractivity contribution is 0.103. The quantitative estimate of drug-likeness (QED) is 0.481. The lowest BCUT2D eigenvalue weighted by Crippen LogP contribution is -2.02. The predicted molar refractivity (Wildman–Crippen MR) is 84.6 cm³/mol. The SMILES string of the molecule is O=C(c1cc(Br)sc1Br)c1c(Cl)cc(Cl)cc1Cl. The van der Waals surface area contributed by atoms with Crippen LogP contribution in [0.5, 0.6) is 0 Å². The minimum atomic E-state index is -0.240. The van der Waals surface area contributed by atoms with Gasteiger partial charge in [0.2, 0.25) is 0 Å². The first-order valence-corrected chi connectivity index (χ1v) is 8.08. The first kappa shape index (κ1) is 14.8. The molecular weight excluding hydrogens is 446 g/mol. The van der Waals surface area contributed by atoms with Crippen molar-refractivity contribution in [1.82, 2.24) is 0 Å². The van der Waals surface area contributed by atoms with Gasteiger partial charge in [-0.05, 0) is 50.1 Å². The van der Waals surface area contributed by atoms with E-state index >= 15 is 0 Å². The molecular formula is C11H3Br2Cl3OS. The van der Waals surface area contributed by atoms with Crippen molar-refractivity contribution in [3.05, 3.63) is 52.0 Å². The van der Waals surface area contributed by atoms with Gasteiger partial charge in [-0.1, -0.05) is 34.8 Å². The summed E-state index contributed by atoms with van der Waals surface area (Å²) < 4.78 is 1.57. The maximum Gasteiger partial charge on any atom is 0.198 e. The van der Waals surface area contributed by atoms with Crippen LogP contribution in [-0.4, -0.2) is 5.78 Å². The first-order chi connectivity index (χ1) is 8.40. The largest absolute Gasteiger partial charge is 0.288 e. The number of rotatable bonds is 2. The van der Waals surface area contributed by atoms with E-state index in [0.717, 1.165) is 7.57 Å². The van der Waals surface area contributed by atoms with Crippen LogP contribution in [0.2, 0.25) is 15.1 Å². The number of hydrogen-bond acceptors (Lipinski definition) is 2. The monoisotopic (exact) mass is 446 g/mol. The van der Waals surface area contributed by atoms with Crippen LogP contribution < -0.4 is 0 Å². The third-order valence-electron chi connectivity index (χ3n) is 2.14. The molecule has 0 unspecified atom stereocenters. The number of benzene rings is 1. The number of thiophene rings is 1. The normalized spacial score (nSPS) is 10.7. The highest BCUT2D eigenvalue weighted by atomic mass is 79.9. The Morgan fingerprint density at radius 2 is 1.61 bits per heavy atom. The molecule has 0 aliphatic heterocycles. The fourth-order valence-corrected chi connectivity index (χ4v) is 5.17. The smallest absolute Gasteiger partial charge is 0.198 e. The Hall–Kier alpha value is 0.420. The van der Waals surface area contributed by atoms with Crippen molar-refractivity contribution in [2.45, 2.75) is 0 Å².